The van der Waals surface area contributed by atoms with Gasteiger partial charge in [0.1, 0.15) is 11.7 Å². The molecule has 0 bridgehead atoms. The Morgan fingerprint density at radius 1 is 1.14 bits per heavy atom. The van der Waals surface area contributed by atoms with E-state index in [9.17, 15) is 23.1 Å². The average molecular weight is 629 g/mol. The second-order valence-electron chi connectivity index (χ2n) is 11.4. The quantitative estimate of drug-likeness (QED) is 0.282. The van der Waals surface area contributed by atoms with Crippen molar-refractivity contribution in [3.8, 4) is 0 Å². The van der Waals surface area contributed by atoms with Gasteiger partial charge in [-0.15, -0.1) is 0 Å². The highest BCUT2D eigenvalue weighted by Gasteiger charge is 2.43. The lowest BCUT2D eigenvalue weighted by Gasteiger charge is -2.37. The zero-order valence-corrected chi connectivity index (χ0v) is 26.0. The van der Waals surface area contributed by atoms with E-state index in [4.69, 9.17) is 11.6 Å². The molecule has 2 atom stereocenters. The summed E-state index contributed by atoms with van der Waals surface area (Å²) >= 11 is 6.17. The Morgan fingerprint density at radius 3 is 2.47 bits per heavy atom. The Bertz CT molecular complexity index is 1600. The van der Waals surface area contributed by atoms with Gasteiger partial charge in [-0.1, -0.05) is 23.7 Å². The van der Waals surface area contributed by atoms with Crippen LogP contribution in [0, 0.1) is 26.7 Å². The van der Waals surface area contributed by atoms with E-state index in [-0.39, 0.29) is 11.3 Å². The Kier molecular flexibility index (Phi) is 9.12. The van der Waals surface area contributed by atoms with Gasteiger partial charge in [-0.3, -0.25) is 23.9 Å². The third-order valence-corrected chi connectivity index (χ3v) is 10.5. The summed E-state index contributed by atoms with van der Waals surface area (Å²) < 4.78 is 29.4. The number of carbonyl (C=O) groups excluding carboxylic acids is 2. The molecule has 2 aliphatic heterocycles. The number of anilines is 2. The van der Waals surface area contributed by atoms with Crippen molar-refractivity contribution >= 4 is 44.8 Å². The molecule has 2 unspecified atom stereocenters. The number of sulfonamides is 1. The maximum atomic E-state index is 14.2. The zero-order valence-electron chi connectivity index (χ0n) is 24.4. The number of nitrogens with one attached hydrogen (secondary N) is 3. The van der Waals surface area contributed by atoms with Crippen LogP contribution in [0.4, 0.5) is 11.4 Å². The fourth-order valence-corrected chi connectivity index (χ4v) is 8.42. The van der Waals surface area contributed by atoms with Crippen LogP contribution in [0.15, 0.2) is 47.4 Å². The number of aliphatic hydroxyl groups is 1. The molecule has 2 aromatic carbocycles. The Balaban J connectivity index is 1.24. The van der Waals surface area contributed by atoms with Crippen LogP contribution < -0.4 is 14.9 Å². The minimum absolute atomic E-state index is 0.0608. The van der Waals surface area contributed by atoms with E-state index >= 15 is 0 Å². The van der Waals surface area contributed by atoms with Crippen molar-refractivity contribution in [1.29, 1.82) is 0 Å². The summed E-state index contributed by atoms with van der Waals surface area (Å²) in [5, 5.41) is 23.7. The molecule has 3 aromatic rings. The number of likely N-dealkylation sites (tertiary alicyclic amines) is 1. The molecule has 3 heterocycles. The molecule has 230 valence electrons. The number of rotatable bonds is 9. The standard InChI is InChI=1S/C30H37ClN6O5S/c1-18-14-22(31)15-19(2)28(18)43(41,42)37-25-7-5-4-6-23(25)33-29(39)26(37)17-27(38)32-11-8-21-9-12-36(13-10-21)30(40)24-16-20(3)34-35-24/h4-7,14-16,21,26,30,40H,8-13,17H2,1-3H3,(H,32,38)(H,33,39)(H,34,35). The van der Waals surface area contributed by atoms with Gasteiger partial charge in [0.25, 0.3) is 10.0 Å². The SMILES string of the molecule is Cc1cc(C(O)N2CCC(CCNC(=O)CC3C(=O)Nc4ccccc4N3S(=O)(=O)c3c(C)cc(Cl)cc3C)CC2)n[nH]1. The molecule has 2 aliphatic rings. The summed E-state index contributed by atoms with van der Waals surface area (Å²) in [6.45, 7) is 7.03. The summed E-state index contributed by atoms with van der Waals surface area (Å²) in [5.74, 6) is -0.618. The molecule has 0 aliphatic carbocycles. The van der Waals surface area contributed by atoms with Crippen LogP contribution in [-0.2, 0) is 19.6 Å². The number of hydrogen-bond acceptors (Lipinski definition) is 7. The Hall–Kier alpha value is -3.45. The number of carbonyl (C=O) groups is 2. The fourth-order valence-electron chi connectivity index (χ4n) is 6.05. The van der Waals surface area contributed by atoms with E-state index in [2.05, 4.69) is 20.8 Å². The average Bonchev–Trinajstić information content (AvgIpc) is 3.38. The smallest absolute Gasteiger partial charge is 0.265 e. The topological polar surface area (TPSA) is 148 Å². The van der Waals surface area contributed by atoms with Crippen molar-refractivity contribution in [3.05, 3.63) is 70.0 Å². The molecular formula is C30H37ClN6O5S. The van der Waals surface area contributed by atoms with Crippen molar-refractivity contribution in [2.45, 2.75) is 63.6 Å². The number of aliphatic hydroxyl groups excluding tert-OH is 1. The molecule has 1 aromatic heterocycles. The lowest BCUT2D eigenvalue weighted by Crippen LogP contribution is -2.53. The Labute approximate surface area is 256 Å². The number of para-hydroxylation sites is 2. The van der Waals surface area contributed by atoms with E-state index in [1.54, 1.807) is 50.2 Å². The van der Waals surface area contributed by atoms with E-state index in [1.165, 1.54) is 0 Å². The number of benzene rings is 2. The van der Waals surface area contributed by atoms with Crippen molar-refractivity contribution in [3.63, 3.8) is 0 Å². The second kappa shape index (κ2) is 12.7. The highest BCUT2D eigenvalue weighted by Crippen LogP contribution is 2.39. The maximum absolute atomic E-state index is 14.2. The van der Waals surface area contributed by atoms with Gasteiger partial charge < -0.3 is 15.7 Å². The summed E-state index contributed by atoms with van der Waals surface area (Å²) in [5.41, 5.74) is 3.06. The van der Waals surface area contributed by atoms with E-state index in [1.807, 2.05) is 17.9 Å². The highest BCUT2D eigenvalue weighted by molar-refractivity contribution is 7.93. The number of aromatic nitrogens is 2. The largest absolute Gasteiger partial charge is 0.372 e. The van der Waals surface area contributed by atoms with Crippen molar-refractivity contribution in [2.75, 3.05) is 29.3 Å². The lowest BCUT2D eigenvalue weighted by molar-refractivity contribution is -0.125. The molecule has 4 N–H and O–H groups in total. The van der Waals surface area contributed by atoms with Crippen molar-refractivity contribution < 1.29 is 23.1 Å². The molecular weight excluding hydrogens is 592 g/mol. The summed E-state index contributed by atoms with van der Waals surface area (Å²) in [7, 11) is -4.25. The van der Waals surface area contributed by atoms with Crippen molar-refractivity contribution in [2.24, 2.45) is 5.92 Å². The summed E-state index contributed by atoms with van der Waals surface area (Å²) in [6.07, 6.45) is 1.38. The molecule has 1 saturated heterocycles. The predicted octanol–water partition coefficient (Wildman–Crippen LogP) is 3.80. The number of halogens is 1. The minimum atomic E-state index is -4.25. The number of piperidine rings is 1. The first-order chi connectivity index (χ1) is 20.5. The van der Waals surface area contributed by atoms with E-state index in [0.29, 0.717) is 58.8 Å². The maximum Gasteiger partial charge on any atom is 0.265 e. The third kappa shape index (κ3) is 6.57. The molecule has 5 rings (SSSR count). The number of hydrogen-bond donors (Lipinski definition) is 4. The van der Waals surface area contributed by atoms with Gasteiger partial charge in [-0.2, -0.15) is 5.10 Å². The van der Waals surface area contributed by atoms with E-state index < -0.39 is 34.1 Å². The van der Waals surface area contributed by atoms with Gasteiger partial charge in [-0.05, 0) is 87.4 Å². The first-order valence-corrected chi connectivity index (χ1v) is 16.2. The second-order valence-corrected chi connectivity index (χ2v) is 13.6. The summed E-state index contributed by atoms with van der Waals surface area (Å²) in [6, 6.07) is 10.4. The number of fused-ring (bicyclic) bond motifs is 1. The van der Waals surface area contributed by atoms with Gasteiger partial charge in [-0.25, -0.2) is 8.42 Å². The normalized spacial score (nSPS) is 18.7. The van der Waals surface area contributed by atoms with Crippen LogP contribution in [0.1, 0.15) is 54.4 Å². The first-order valence-electron chi connectivity index (χ1n) is 14.4. The molecule has 1 fully saturated rings. The molecule has 0 saturated carbocycles. The number of amides is 2. The molecule has 0 spiro atoms. The molecule has 11 nitrogen and oxygen atoms in total. The minimum Gasteiger partial charge on any atom is -0.372 e. The van der Waals surface area contributed by atoms with Crippen LogP contribution in [0.5, 0.6) is 0 Å². The van der Waals surface area contributed by atoms with Crippen molar-refractivity contribution in [1.82, 2.24) is 20.4 Å². The van der Waals surface area contributed by atoms with Crippen LogP contribution in [0.3, 0.4) is 0 Å². The highest BCUT2D eigenvalue weighted by atomic mass is 35.5. The first kappa shape index (κ1) is 31.0. The fraction of sp³-hybridized carbons (Fsp3) is 0.433. The number of nitrogens with zero attached hydrogens (tertiary/aromatic N) is 3. The van der Waals surface area contributed by atoms with Crippen LogP contribution in [0.2, 0.25) is 5.02 Å². The Morgan fingerprint density at radius 2 is 1.81 bits per heavy atom. The number of H-pyrrole nitrogens is 1. The zero-order chi connectivity index (χ0) is 30.9. The summed E-state index contributed by atoms with van der Waals surface area (Å²) in [4.78, 5) is 28.4. The monoisotopic (exact) mass is 628 g/mol. The van der Waals surface area contributed by atoms with Gasteiger partial charge in [0.2, 0.25) is 11.8 Å². The van der Waals surface area contributed by atoms with Gasteiger partial charge in [0.05, 0.1) is 22.7 Å². The number of aryl methyl sites for hydroxylation is 3. The molecule has 2 amide bonds. The van der Waals surface area contributed by atoms with Gasteiger partial charge in [0, 0.05) is 30.4 Å². The molecule has 0 radical (unpaired) electrons. The molecule has 13 heteroatoms. The van der Waals surface area contributed by atoms with Crippen LogP contribution >= 0.6 is 11.6 Å². The van der Waals surface area contributed by atoms with Gasteiger partial charge >= 0.3 is 0 Å². The van der Waals surface area contributed by atoms with Crippen LogP contribution in [-0.4, -0.2) is 66.1 Å². The molecule has 43 heavy (non-hydrogen) atoms. The lowest BCUT2D eigenvalue weighted by atomic mass is 9.93. The predicted molar refractivity (Wildman–Crippen MR) is 164 cm³/mol. The number of aromatic amines is 1. The third-order valence-electron chi connectivity index (χ3n) is 8.17. The van der Waals surface area contributed by atoms with E-state index in [0.717, 1.165) is 29.3 Å². The van der Waals surface area contributed by atoms with Crippen LogP contribution in [0.25, 0.3) is 0 Å². The van der Waals surface area contributed by atoms with Gasteiger partial charge in [0.15, 0.2) is 6.23 Å².